The third-order valence-corrected chi connectivity index (χ3v) is 10.9. The number of carbonyl (C=O) groups excluding carboxylic acids is 3. The van der Waals surface area contributed by atoms with Gasteiger partial charge in [0, 0.05) is 53.8 Å². The normalized spacial score (nSPS) is 19.8. The van der Waals surface area contributed by atoms with Crippen molar-refractivity contribution in [2.75, 3.05) is 17.6 Å². The fraction of sp³-hybridized carbons (Fsp3) is 0.324. The number of hydrogen-bond donors (Lipinski definition) is 2. The van der Waals surface area contributed by atoms with E-state index in [2.05, 4.69) is 59.2 Å². The van der Waals surface area contributed by atoms with Gasteiger partial charge in [-0.25, -0.2) is 28.1 Å². The van der Waals surface area contributed by atoms with Crippen molar-refractivity contribution in [3.8, 4) is 11.1 Å². The molecule has 1 aliphatic heterocycles. The van der Waals surface area contributed by atoms with Crippen LogP contribution in [0.5, 0.6) is 0 Å². The maximum atomic E-state index is 14.2. The summed E-state index contributed by atoms with van der Waals surface area (Å²) in [7, 11) is -3.59. The fourth-order valence-corrected chi connectivity index (χ4v) is 7.87. The van der Waals surface area contributed by atoms with Crippen LogP contribution in [0.1, 0.15) is 48.1 Å². The van der Waals surface area contributed by atoms with Crippen LogP contribution < -0.4 is 10.0 Å². The zero-order valence-corrected chi connectivity index (χ0v) is 29.4. The van der Waals surface area contributed by atoms with Crippen LogP contribution in [0.2, 0.25) is 0 Å². The SMILES string of the molecule is C=CCCS(=O)(=O)NC[C@@]12C[C@@H](C(=O)Nc3nc(Br)ccc3C=C)N(C(=O)Cn3nc(C(C)=O)c4cc(-c5cnc(C)nc5)ccc43)[C@@H]1C2. The van der Waals surface area contributed by atoms with Gasteiger partial charge in [0.15, 0.2) is 5.78 Å². The van der Waals surface area contributed by atoms with Crippen LogP contribution in [-0.4, -0.2) is 80.0 Å². The minimum atomic E-state index is -3.59. The van der Waals surface area contributed by atoms with Gasteiger partial charge in [-0.2, -0.15) is 5.10 Å². The van der Waals surface area contributed by atoms with E-state index in [0.717, 1.165) is 11.1 Å². The summed E-state index contributed by atoms with van der Waals surface area (Å²) >= 11 is 3.33. The van der Waals surface area contributed by atoms with Gasteiger partial charge < -0.3 is 10.2 Å². The predicted octanol–water partition coefficient (Wildman–Crippen LogP) is 4.30. The summed E-state index contributed by atoms with van der Waals surface area (Å²) in [6.07, 6.45) is 7.58. The van der Waals surface area contributed by atoms with Crippen molar-refractivity contribution in [1.29, 1.82) is 0 Å². The summed E-state index contributed by atoms with van der Waals surface area (Å²) in [6.45, 7) is 10.4. The number of rotatable bonds is 13. The quantitative estimate of drug-likeness (QED) is 0.115. The average Bonchev–Trinajstić information content (AvgIpc) is 3.49. The van der Waals surface area contributed by atoms with E-state index < -0.39 is 27.4 Å². The number of sulfonamides is 1. The number of nitrogens with one attached hydrogen (secondary N) is 2. The van der Waals surface area contributed by atoms with Gasteiger partial charge in [-0.3, -0.25) is 19.1 Å². The number of aryl methyl sites for hydroxylation is 1. The van der Waals surface area contributed by atoms with Crippen LogP contribution in [0.25, 0.3) is 28.1 Å². The van der Waals surface area contributed by atoms with Gasteiger partial charge in [0.25, 0.3) is 0 Å². The Labute approximate surface area is 292 Å². The molecule has 15 heteroatoms. The molecule has 0 bridgehead atoms. The molecule has 1 aliphatic carbocycles. The van der Waals surface area contributed by atoms with E-state index in [1.165, 1.54) is 22.6 Å². The lowest BCUT2D eigenvalue weighted by Crippen LogP contribution is -2.47. The molecule has 2 fully saturated rings. The molecule has 49 heavy (non-hydrogen) atoms. The molecule has 1 saturated heterocycles. The van der Waals surface area contributed by atoms with Crippen LogP contribution in [0, 0.1) is 12.3 Å². The van der Waals surface area contributed by atoms with Crippen molar-refractivity contribution in [1.82, 2.24) is 34.4 Å². The number of nitrogens with zero attached hydrogens (tertiary/aromatic N) is 6. The number of benzene rings is 1. The van der Waals surface area contributed by atoms with E-state index in [1.807, 2.05) is 12.1 Å². The highest BCUT2D eigenvalue weighted by Gasteiger charge is 2.67. The van der Waals surface area contributed by atoms with Gasteiger partial charge in [0.2, 0.25) is 21.8 Å². The molecule has 3 atom stereocenters. The largest absolute Gasteiger partial charge is 0.325 e. The standard InChI is InChI=1S/C34H35BrN8O5S/c1-5-7-12-49(47,48)38-19-34-14-27(33(46)40-32-22(6-2)9-11-29(35)39-32)43(28(34)15-34)30(45)18-42-26-10-8-23(24-16-36-21(4)37-17-24)13-25(26)31(41-42)20(3)44/h5-6,8-11,13,16-17,27-28,38H,1-2,7,12,14-15,18-19H2,3-4H3,(H,39,40,46)/t27-,28+,34-/m0/s1. The highest BCUT2D eigenvalue weighted by Crippen LogP contribution is 2.59. The Kier molecular flexibility index (Phi) is 9.35. The van der Waals surface area contributed by atoms with Gasteiger partial charge in [-0.1, -0.05) is 24.8 Å². The highest BCUT2D eigenvalue weighted by atomic mass is 79.9. The summed E-state index contributed by atoms with van der Waals surface area (Å²) < 4.78 is 30.0. The van der Waals surface area contributed by atoms with Crippen LogP contribution in [0.15, 0.2) is 66.6 Å². The third-order valence-electron chi connectivity index (χ3n) is 9.08. The van der Waals surface area contributed by atoms with Crippen LogP contribution in [0.3, 0.4) is 0 Å². The molecule has 2 amide bonds. The van der Waals surface area contributed by atoms with E-state index in [-0.39, 0.29) is 54.5 Å². The van der Waals surface area contributed by atoms with Crippen molar-refractivity contribution >= 4 is 66.3 Å². The Bertz CT molecular complexity index is 2120. The zero-order valence-electron chi connectivity index (χ0n) is 27.0. The lowest BCUT2D eigenvalue weighted by molar-refractivity contribution is -0.138. The topological polar surface area (TPSA) is 169 Å². The molecule has 4 aromatic rings. The molecule has 2 aliphatic rings. The first-order valence-corrected chi connectivity index (χ1v) is 18.1. The number of carbonyl (C=O) groups is 3. The molecule has 4 heterocycles. The molecule has 254 valence electrons. The molecular formula is C34H35BrN8O5S. The smallest absolute Gasteiger partial charge is 0.248 e. The van der Waals surface area contributed by atoms with Gasteiger partial charge >= 0.3 is 0 Å². The van der Waals surface area contributed by atoms with Crippen molar-refractivity contribution in [3.63, 3.8) is 0 Å². The number of allylic oxidation sites excluding steroid dienone is 1. The minimum Gasteiger partial charge on any atom is -0.325 e. The monoisotopic (exact) mass is 746 g/mol. The molecule has 6 rings (SSSR count). The number of pyridine rings is 1. The van der Waals surface area contributed by atoms with Crippen LogP contribution >= 0.6 is 15.9 Å². The van der Waals surface area contributed by atoms with Crippen molar-refractivity contribution in [2.24, 2.45) is 5.41 Å². The van der Waals surface area contributed by atoms with Gasteiger partial charge in [-0.05, 0) is 71.9 Å². The number of halogens is 1. The van der Waals surface area contributed by atoms with Crippen LogP contribution in [-0.2, 0) is 26.2 Å². The Balaban J connectivity index is 1.30. The van der Waals surface area contributed by atoms with E-state index >= 15 is 0 Å². The van der Waals surface area contributed by atoms with Gasteiger partial charge in [0.05, 0.1) is 11.3 Å². The molecule has 1 aromatic carbocycles. The Morgan fingerprint density at radius 3 is 2.55 bits per heavy atom. The van der Waals surface area contributed by atoms with Gasteiger partial charge in [-0.15, -0.1) is 6.58 Å². The molecule has 0 spiro atoms. The van der Waals surface area contributed by atoms with E-state index in [1.54, 1.807) is 43.6 Å². The molecule has 3 aromatic heterocycles. The van der Waals surface area contributed by atoms with Crippen LogP contribution in [0.4, 0.5) is 5.82 Å². The Morgan fingerprint density at radius 2 is 1.86 bits per heavy atom. The molecule has 0 radical (unpaired) electrons. The van der Waals surface area contributed by atoms with E-state index in [4.69, 9.17) is 0 Å². The Morgan fingerprint density at radius 1 is 1.10 bits per heavy atom. The number of fused-ring (bicyclic) bond motifs is 2. The number of ketones is 1. The number of Topliss-reactive ketones (excluding diaryl/α,β-unsaturated/α-hetero) is 1. The first kappa shape index (κ1) is 34.3. The number of piperidine rings is 1. The van der Waals surface area contributed by atoms with Crippen molar-refractivity contribution in [3.05, 3.63) is 83.6 Å². The molecular weight excluding hydrogens is 712 g/mol. The summed E-state index contributed by atoms with van der Waals surface area (Å²) in [6, 6.07) is 7.65. The molecule has 2 N–H and O–H groups in total. The fourth-order valence-electron chi connectivity index (χ4n) is 6.43. The van der Waals surface area contributed by atoms with Gasteiger partial charge in [0.1, 0.15) is 34.5 Å². The summed E-state index contributed by atoms with van der Waals surface area (Å²) in [4.78, 5) is 55.2. The average molecular weight is 748 g/mol. The zero-order chi connectivity index (χ0) is 35.1. The first-order chi connectivity index (χ1) is 23.3. The maximum absolute atomic E-state index is 14.2. The lowest BCUT2D eigenvalue weighted by atomic mass is 9.99. The summed E-state index contributed by atoms with van der Waals surface area (Å²) in [5.74, 6) is -0.305. The number of likely N-dealkylation sites (tertiary alicyclic amines) is 1. The number of hydrogen-bond acceptors (Lipinski definition) is 9. The maximum Gasteiger partial charge on any atom is 0.248 e. The molecule has 1 saturated carbocycles. The second-order valence-corrected chi connectivity index (χ2v) is 15.1. The second kappa shape index (κ2) is 13.4. The van der Waals surface area contributed by atoms with E-state index in [9.17, 15) is 22.8 Å². The molecule has 0 unspecified atom stereocenters. The number of anilines is 1. The molecule has 13 nitrogen and oxygen atoms in total. The predicted molar refractivity (Wildman–Crippen MR) is 189 cm³/mol. The minimum absolute atomic E-state index is 0.0857. The lowest BCUT2D eigenvalue weighted by Gasteiger charge is -2.27. The number of aromatic nitrogens is 5. The summed E-state index contributed by atoms with van der Waals surface area (Å²) in [5.41, 5.74) is 2.31. The third kappa shape index (κ3) is 6.96. The highest BCUT2D eigenvalue weighted by molar-refractivity contribution is 9.10. The first-order valence-electron chi connectivity index (χ1n) is 15.6. The van der Waals surface area contributed by atoms with Crippen molar-refractivity contribution < 1.29 is 22.8 Å². The second-order valence-electron chi connectivity index (χ2n) is 12.4. The number of amides is 2. The summed E-state index contributed by atoms with van der Waals surface area (Å²) in [5, 5.41) is 7.96. The van der Waals surface area contributed by atoms with E-state index in [0.29, 0.717) is 39.7 Å². The Hall–Kier alpha value is -4.60. The van der Waals surface area contributed by atoms with Crippen molar-refractivity contribution in [2.45, 2.75) is 51.7 Å².